The first-order valence-corrected chi connectivity index (χ1v) is 7.55. The van der Waals surface area contributed by atoms with Crippen molar-refractivity contribution in [3.05, 3.63) is 51.2 Å². The summed E-state index contributed by atoms with van der Waals surface area (Å²) in [6.45, 7) is 4.83. The van der Waals surface area contributed by atoms with E-state index in [1.54, 1.807) is 0 Å². The summed E-state index contributed by atoms with van der Waals surface area (Å²) >= 11 is 0. The van der Waals surface area contributed by atoms with Gasteiger partial charge in [-0.05, 0) is 43.4 Å². The molecule has 0 radical (unpaired) electrons. The molecule has 2 aromatic rings. The van der Waals surface area contributed by atoms with E-state index in [0.717, 1.165) is 12.8 Å². The Labute approximate surface area is 134 Å². The van der Waals surface area contributed by atoms with Gasteiger partial charge in [-0.3, -0.25) is 10.1 Å². The molecule has 1 fully saturated rings. The van der Waals surface area contributed by atoms with Gasteiger partial charge in [-0.25, -0.2) is 4.98 Å². The van der Waals surface area contributed by atoms with Crippen LogP contribution in [0.1, 0.15) is 29.5 Å². The summed E-state index contributed by atoms with van der Waals surface area (Å²) in [5.74, 6) is 0.361. The summed E-state index contributed by atoms with van der Waals surface area (Å²) in [7, 11) is 0. The molecule has 1 saturated carbocycles. The molecule has 1 aromatic heterocycles. The van der Waals surface area contributed by atoms with Gasteiger partial charge in [-0.15, -0.1) is 0 Å². The van der Waals surface area contributed by atoms with Crippen molar-refractivity contribution in [3.63, 3.8) is 0 Å². The molecule has 0 amide bonds. The monoisotopic (exact) mass is 313 g/mol. The maximum Gasteiger partial charge on any atom is 0.329 e. The average molecular weight is 313 g/mol. The number of benzene rings is 1. The molecule has 0 spiro atoms. The molecule has 0 atom stereocenters. The van der Waals surface area contributed by atoms with Crippen molar-refractivity contribution in [2.45, 2.75) is 39.3 Å². The molecule has 0 aliphatic heterocycles. The Kier molecular flexibility index (Phi) is 3.85. The van der Waals surface area contributed by atoms with Crippen molar-refractivity contribution in [1.29, 1.82) is 0 Å². The molecule has 0 bridgehead atoms. The maximum absolute atomic E-state index is 10.8. The smallest absolute Gasteiger partial charge is 0.329 e. The molecule has 120 valence electrons. The van der Waals surface area contributed by atoms with Gasteiger partial charge in [0.05, 0.1) is 4.92 Å². The first-order valence-electron chi connectivity index (χ1n) is 7.55. The van der Waals surface area contributed by atoms with Crippen molar-refractivity contribution in [1.82, 2.24) is 9.97 Å². The summed E-state index contributed by atoms with van der Waals surface area (Å²) in [5, 5.41) is 10.8. The Morgan fingerprint density at radius 2 is 2.09 bits per heavy atom. The molecule has 23 heavy (non-hydrogen) atoms. The van der Waals surface area contributed by atoms with Crippen LogP contribution < -0.4 is 10.6 Å². The minimum atomic E-state index is -0.566. The van der Waals surface area contributed by atoms with Gasteiger partial charge in [-0.1, -0.05) is 18.2 Å². The zero-order valence-corrected chi connectivity index (χ0v) is 13.2. The van der Waals surface area contributed by atoms with Gasteiger partial charge in [0.2, 0.25) is 11.8 Å². The minimum Gasteiger partial charge on any atom is -0.378 e. The summed E-state index contributed by atoms with van der Waals surface area (Å²) in [6, 6.07) is 6.71. The first kappa shape index (κ1) is 15.2. The third kappa shape index (κ3) is 3.23. The van der Waals surface area contributed by atoms with E-state index >= 15 is 0 Å². The number of aromatic nitrogens is 2. The molecular weight excluding hydrogens is 294 g/mol. The second-order valence-electron chi connectivity index (χ2n) is 5.98. The predicted octanol–water partition coefficient (Wildman–Crippen LogP) is 2.75. The van der Waals surface area contributed by atoms with Crippen LogP contribution in [0.2, 0.25) is 0 Å². The zero-order chi connectivity index (χ0) is 16.6. The molecule has 1 aliphatic rings. The number of nitrogens with zero attached hydrogens (tertiary/aromatic N) is 4. The van der Waals surface area contributed by atoms with Crippen LogP contribution in [0.4, 0.5) is 17.5 Å². The molecule has 2 N–H and O–H groups in total. The highest BCUT2D eigenvalue weighted by Gasteiger charge is 2.31. The van der Waals surface area contributed by atoms with E-state index in [-0.39, 0.29) is 11.5 Å². The number of nitrogens with two attached hydrogens (primary N) is 1. The van der Waals surface area contributed by atoms with Crippen LogP contribution in [-0.2, 0) is 6.54 Å². The summed E-state index contributed by atoms with van der Waals surface area (Å²) in [5.41, 5.74) is 9.10. The lowest BCUT2D eigenvalue weighted by atomic mass is 10.1. The zero-order valence-electron chi connectivity index (χ0n) is 13.2. The number of hydrogen-bond acceptors (Lipinski definition) is 6. The fourth-order valence-corrected chi connectivity index (χ4v) is 2.51. The molecule has 7 nitrogen and oxygen atoms in total. The highest BCUT2D eigenvalue weighted by Crippen LogP contribution is 2.32. The van der Waals surface area contributed by atoms with Crippen molar-refractivity contribution in [3.8, 4) is 0 Å². The molecule has 7 heteroatoms. The van der Waals surface area contributed by atoms with Gasteiger partial charge in [0.15, 0.2) is 0 Å². The van der Waals surface area contributed by atoms with Crippen molar-refractivity contribution in [2.24, 2.45) is 0 Å². The number of aryl methyl sites for hydroxylation is 2. The Balaban J connectivity index is 1.88. The van der Waals surface area contributed by atoms with E-state index in [4.69, 9.17) is 5.73 Å². The average Bonchev–Trinajstić information content (AvgIpc) is 3.32. The van der Waals surface area contributed by atoms with Gasteiger partial charge in [0, 0.05) is 12.6 Å². The minimum absolute atomic E-state index is 0.0919. The number of nitro groups is 1. The van der Waals surface area contributed by atoms with Gasteiger partial charge in [0.25, 0.3) is 0 Å². The molecule has 3 rings (SSSR count). The summed E-state index contributed by atoms with van der Waals surface area (Å²) < 4.78 is 0. The van der Waals surface area contributed by atoms with E-state index in [1.165, 1.54) is 22.9 Å². The number of nitrogen functional groups attached to an aromatic ring is 1. The van der Waals surface area contributed by atoms with Crippen LogP contribution in [-0.4, -0.2) is 20.9 Å². The van der Waals surface area contributed by atoms with Crippen LogP contribution in [0.25, 0.3) is 0 Å². The molecule has 1 heterocycles. The summed E-state index contributed by atoms with van der Waals surface area (Å²) in [4.78, 5) is 20.6. The predicted molar refractivity (Wildman–Crippen MR) is 88.2 cm³/mol. The molecule has 1 aliphatic carbocycles. The fourth-order valence-electron chi connectivity index (χ4n) is 2.51. The van der Waals surface area contributed by atoms with E-state index in [9.17, 15) is 10.1 Å². The Morgan fingerprint density at radius 1 is 1.35 bits per heavy atom. The maximum atomic E-state index is 10.8. The highest BCUT2D eigenvalue weighted by atomic mass is 16.6. The van der Waals surface area contributed by atoms with Gasteiger partial charge in [0.1, 0.15) is 6.20 Å². The largest absolute Gasteiger partial charge is 0.378 e. The fraction of sp³-hybridized carbons (Fsp3) is 0.375. The highest BCUT2D eigenvalue weighted by molar-refractivity contribution is 5.54. The van der Waals surface area contributed by atoms with E-state index in [1.807, 2.05) is 0 Å². The van der Waals surface area contributed by atoms with E-state index in [0.29, 0.717) is 18.5 Å². The second kappa shape index (κ2) is 5.83. The van der Waals surface area contributed by atoms with Crippen molar-refractivity contribution < 1.29 is 4.92 Å². The van der Waals surface area contributed by atoms with Gasteiger partial charge in [-0.2, -0.15) is 4.98 Å². The van der Waals surface area contributed by atoms with Gasteiger partial charge < -0.3 is 10.6 Å². The quantitative estimate of drug-likeness (QED) is 0.673. The standard InChI is InChI=1S/C16H19N5O2/c1-10-3-4-12(7-11(10)2)9-20(13-5-6-13)16-18-8-14(21(22)23)15(17)19-16/h3-4,7-8,13H,5-6,9H2,1-2H3,(H2,17,18,19). The lowest BCUT2D eigenvalue weighted by molar-refractivity contribution is -0.384. The van der Waals surface area contributed by atoms with Crippen molar-refractivity contribution >= 4 is 17.5 Å². The molecule has 0 saturated heterocycles. The van der Waals surface area contributed by atoms with Crippen molar-refractivity contribution in [2.75, 3.05) is 10.6 Å². The van der Waals surface area contributed by atoms with E-state index in [2.05, 4.69) is 46.9 Å². The SMILES string of the molecule is Cc1ccc(CN(c2ncc([N+](=O)[O-])c(N)n2)C2CC2)cc1C. The van der Waals surface area contributed by atoms with Crippen LogP contribution in [0.5, 0.6) is 0 Å². The Morgan fingerprint density at radius 3 is 2.65 bits per heavy atom. The Hall–Kier alpha value is -2.70. The lowest BCUT2D eigenvalue weighted by Gasteiger charge is -2.22. The van der Waals surface area contributed by atoms with Crippen LogP contribution in [0, 0.1) is 24.0 Å². The van der Waals surface area contributed by atoms with Crippen LogP contribution in [0.3, 0.4) is 0 Å². The normalized spacial score (nSPS) is 13.8. The Bertz CT molecular complexity index is 758. The van der Waals surface area contributed by atoms with Crippen LogP contribution >= 0.6 is 0 Å². The second-order valence-corrected chi connectivity index (χ2v) is 5.98. The lowest BCUT2D eigenvalue weighted by Crippen LogP contribution is -2.27. The van der Waals surface area contributed by atoms with Gasteiger partial charge >= 0.3 is 5.69 Å². The molecule has 0 unspecified atom stereocenters. The molecular formula is C16H19N5O2. The van der Waals surface area contributed by atoms with Crippen LogP contribution in [0.15, 0.2) is 24.4 Å². The third-order valence-electron chi connectivity index (χ3n) is 4.15. The number of rotatable bonds is 5. The number of hydrogen-bond donors (Lipinski definition) is 1. The van der Waals surface area contributed by atoms with E-state index < -0.39 is 4.92 Å². The topological polar surface area (TPSA) is 98.2 Å². The first-order chi connectivity index (χ1) is 11.0. The summed E-state index contributed by atoms with van der Waals surface area (Å²) in [6.07, 6.45) is 3.34. The third-order valence-corrected chi connectivity index (χ3v) is 4.15. The number of anilines is 2. The molecule has 1 aromatic carbocycles.